The van der Waals surface area contributed by atoms with E-state index in [2.05, 4.69) is 18.6 Å². The fraction of sp³-hybridized carbons (Fsp3) is 0.600. The molecule has 0 spiro atoms. The van der Waals surface area contributed by atoms with E-state index in [4.69, 9.17) is 5.73 Å². The number of nitrogens with two attached hydrogens (primary N) is 1. The highest BCUT2D eigenvalue weighted by atomic mass is 32.2. The summed E-state index contributed by atoms with van der Waals surface area (Å²) >= 11 is 1.49. The Morgan fingerprint density at radius 2 is 2.10 bits per heavy atom. The Labute approximate surface area is 131 Å². The minimum atomic E-state index is -3.21. The molecule has 21 heavy (non-hydrogen) atoms. The van der Waals surface area contributed by atoms with Gasteiger partial charge < -0.3 is 5.73 Å². The molecular weight excluding hydrogens is 304 g/mol. The Bertz CT molecular complexity index is 585. The zero-order chi connectivity index (χ0) is 15.5. The summed E-state index contributed by atoms with van der Waals surface area (Å²) < 4.78 is 27.1. The summed E-state index contributed by atoms with van der Waals surface area (Å²) in [6, 6.07) is 7.62. The van der Waals surface area contributed by atoms with Crippen LogP contribution in [0.1, 0.15) is 33.1 Å². The average Bonchev–Trinajstić information content (AvgIpc) is 2.70. The summed E-state index contributed by atoms with van der Waals surface area (Å²) in [5, 5.41) is 0. The standard InChI is InChI=1S/C15H24N2O2S2/c1-15(2)8-7-12(11-15)17-21(18,19)10-9-20-14-6-4-3-5-13(14)16/h3-6,12,17H,7-11,16H2,1-2H3. The van der Waals surface area contributed by atoms with Crippen molar-refractivity contribution >= 4 is 27.5 Å². The number of nitrogen functional groups attached to an aromatic ring is 1. The normalized spacial score (nSPS) is 21.5. The van der Waals surface area contributed by atoms with Crippen LogP contribution in [-0.4, -0.2) is 26.0 Å². The summed E-state index contributed by atoms with van der Waals surface area (Å²) in [6.07, 6.45) is 2.94. The van der Waals surface area contributed by atoms with Gasteiger partial charge in [-0.15, -0.1) is 11.8 Å². The van der Waals surface area contributed by atoms with Gasteiger partial charge >= 0.3 is 0 Å². The number of rotatable bonds is 6. The van der Waals surface area contributed by atoms with Gasteiger partial charge in [0.2, 0.25) is 10.0 Å². The Balaban J connectivity index is 1.81. The van der Waals surface area contributed by atoms with E-state index in [0.717, 1.165) is 24.2 Å². The van der Waals surface area contributed by atoms with Crippen LogP contribution in [0.4, 0.5) is 5.69 Å². The van der Waals surface area contributed by atoms with Crippen LogP contribution in [0, 0.1) is 5.41 Å². The summed E-state index contributed by atoms with van der Waals surface area (Å²) in [7, 11) is -3.21. The Morgan fingerprint density at radius 1 is 1.38 bits per heavy atom. The Kier molecular flexibility index (Phi) is 5.22. The van der Waals surface area contributed by atoms with E-state index in [1.54, 1.807) is 0 Å². The molecule has 1 unspecified atom stereocenters. The highest BCUT2D eigenvalue weighted by molar-refractivity contribution is 8.00. The van der Waals surface area contributed by atoms with Crippen molar-refractivity contribution in [2.45, 2.75) is 44.0 Å². The van der Waals surface area contributed by atoms with Gasteiger partial charge in [0, 0.05) is 22.4 Å². The smallest absolute Gasteiger partial charge is 0.212 e. The van der Waals surface area contributed by atoms with Crippen molar-refractivity contribution in [1.29, 1.82) is 0 Å². The maximum absolute atomic E-state index is 12.1. The van der Waals surface area contributed by atoms with Crippen LogP contribution in [0.15, 0.2) is 29.2 Å². The molecule has 6 heteroatoms. The number of anilines is 1. The molecule has 1 saturated carbocycles. The lowest BCUT2D eigenvalue weighted by Gasteiger charge is -2.17. The minimum Gasteiger partial charge on any atom is -0.398 e. The first-order valence-corrected chi connectivity index (χ1v) is 9.89. The molecule has 0 saturated heterocycles. The van der Waals surface area contributed by atoms with E-state index in [1.807, 2.05) is 24.3 Å². The van der Waals surface area contributed by atoms with Gasteiger partial charge in [-0.05, 0) is 36.8 Å². The molecule has 1 aromatic carbocycles. The fourth-order valence-corrected chi connectivity index (χ4v) is 5.39. The molecule has 1 atom stereocenters. The molecule has 0 radical (unpaired) electrons. The lowest BCUT2D eigenvalue weighted by molar-refractivity contribution is 0.372. The van der Waals surface area contributed by atoms with Gasteiger partial charge in [-0.1, -0.05) is 26.0 Å². The number of nitrogens with one attached hydrogen (secondary N) is 1. The molecule has 0 heterocycles. The second-order valence-electron chi connectivity index (χ2n) is 6.43. The quantitative estimate of drug-likeness (QED) is 0.622. The number of hydrogen-bond donors (Lipinski definition) is 2. The van der Waals surface area contributed by atoms with Crippen LogP contribution in [-0.2, 0) is 10.0 Å². The largest absolute Gasteiger partial charge is 0.398 e. The minimum absolute atomic E-state index is 0.0943. The van der Waals surface area contributed by atoms with Gasteiger partial charge in [-0.3, -0.25) is 0 Å². The molecule has 118 valence electrons. The first-order chi connectivity index (χ1) is 9.77. The number of thioether (sulfide) groups is 1. The second-order valence-corrected chi connectivity index (χ2v) is 9.44. The molecule has 0 aliphatic heterocycles. The molecule has 0 bridgehead atoms. The van der Waals surface area contributed by atoms with Crippen molar-refractivity contribution in [2.24, 2.45) is 5.41 Å². The zero-order valence-corrected chi connectivity index (χ0v) is 14.3. The second kappa shape index (κ2) is 6.58. The van der Waals surface area contributed by atoms with Crippen LogP contribution >= 0.6 is 11.8 Å². The predicted octanol–water partition coefficient (Wildman–Crippen LogP) is 2.86. The van der Waals surface area contributed by atoms with E-state index in [1.165, 1.54) is 11.8 Å². The average molecular weight is 329 g/mol. The summed E-state index contributed by atoms with van der Waals surface area (Å²) in [5.41, 5.74) is 6.80. The summed E-state index contributed by atoms with van der Waals surface area (Å²) in [6.45, 7) is 4.38. The molecule has 1 aromatic rings. The Morgan fingerprint density at radius 3 is 2.71 bits per heavy atom. The van der Waals surface area contributed by atoms with Gasteiger partial charge in [0.05, 0.1) is 5.75 Å². The van der Waals surface area contributed by atoms with Gasteiger partial charge in [0.15, 0.2) is 0 Å². The van der Waals surface area contributed by atoms with Gasteiger partial charge in [-0.2, -0.15) is 0 Å². The molecule has 0 aromatic heterocycles. The van der Waals surface area contributed by atoms with E-state index in [9.17, 15) is 8.42 Å². The molecule has 1 fully saturated rings. The third kappa shape index (κ3) is 5.20. The van der Waals surface area contributed by atoms with Crippen molar-refractivity contribution in [3.63, 3.8) is 0 Å². The third-order valence-electron chi connectivity index (χ3n) is 3.84. The highest BCUT2D eigenvalue weighted by Gasteiger charge is 2.32. The first-order valence-electron chi connectivity index (χ1n) is 7.25. The molecular formula is C15H24N2O2S2. The van der Waals surface area contributed by atoms with E-state index in [-0.39, 0.29) is 17.2 Å². The van der Waals surface area contributed by atoms with E-state index >= 15 is 0 Å². The van der Waals surface area contributed by atoms with Crippen LogP contribution in [0.2, 0.25) is 0 Å². The van der Waals surface area contributed by atoms with Crippen molar-refractivity contribution in [3.8, 4) is 0 Å². The van der Waals surface area contributed by atoms with Gasteiger partial charge in [0.25, 0.3) is 0 Å². The molecule has 1 aliphatic rings. The SMILES string of the molecule is CC1(C)CCC(NS(=O)(=O)CCSc2ccccc2N)C1. The van der Waals surface area contributed by atoms with Crippen molar-refractivity contribution < 1.29 is 8.42 Å². The number of para-hydroxylation sites is 1. The summed E-state index contributed by atoms with van der Waals surface area (Å²) in [4.78, 5) is 0.940. The van der Waals surface area contributed by atoms with Crippen LogP contribution in [0.5, 0.6) is 0 Å². The molecule has 1 aliphatic carbocycles. The van der Waals surface area contributed by atoms with Gasteiger partial charge in [0.1, 0.15) is 0 Å². The zero-order valence-electron chi connectivity index (χ0n) is 12.6. The maximum atomic E-state index is 12.1. The Hall–Kier alpha value is -0.720. The number of hydrogen-bond acceptors (Lipinski definition) is 4. The molecule has 0 amide bonds. The lowest BCUT2D eigenvalue weighted by atomic mass is 9.92. The highest BCUT2D eigenvalue weighted by Crippen LogP contribution is 2.37. The van der Waals surface area contributed by atoms with Crippen molar-refractivity contribution in [3.05, 3.63) is 24.3 Å². The van der Waals surface area contributed by atoms with Crippen molar-refractivity contribution in [1.82, 2.24) is 4.72 Å². The van der Waals surface area contributed by atoms with Crippen LogP contribution < -0.4 is 10.5 Å². The van der Waals surface area contributed by atoms with E-state index < -0.39 is 10.0 Å². The lowest BCUT2D eigenvalue weighted by Crippen LogP contribution is -2.35. The number of sulfonamides is 1. The maximum Gasteiger partial charge on any atom is 0.212 e. The van der Waals surface area contributed by atoms with Gasteiger partial charge in [-0.25, -0.2) is 13.1 Å². The van der Waals surface area contributed by atoms with Crippen LogP contribution in [0.25, 0.3) is 0 Å². The third-order valence-corrected chi connectivity index (χ3v) is 6.63. The monoisotopic (exact) mass is 328 g/mol. The predicted molar refractivity (Wildman–Crippen MR) is 89.9 cm³/mol. The van der Waals surface area contributed by atoms with Crippen molar-refractivity contribution in [2.75, 3.05) is 17.2 Å². The molecule has 2 rings (SSSR count). The van der Waals surface area contributed by atoms with Crippen LogP contribution in [0.3, 0.4) is 0 Å². The summed E-state index contributed by atoms with van der Waals surface area (Å²) in [5.74, 6) is 0.641. The molecule has 3 N–H and O–H groups in total. The first kappa shape index (κ1) is 16.6. The fourth-order valence-electron chi connectivity index (χ4n) is 2.72. The molecule has 4 nitrogen and oxygen atoms in total. The topological polar surface area (TPSA) is 72.2 Å². The van der Waals surface area contributed by atoms with E-state index in [0.29, 0.717) is 11.4 Å². The number of benzene rings is 1.